The summed E-state index contributed by atoms with van der Waals surface area (Å²) in [6.45, 7) is 0. The van der Waals surface area contributed by atoms with E-state index in [1.165, 1.54) is 15.8 Å². The highest BCUT2D eigenvalue weighted by atomic mass is 16.3. The molecular formula is C16H11BO. The molecule has 1 aliphatic rings. The lowest BCUT2D eigenvalue weighted by molar-refractivity contribution is 0.669. The van der Waals surface area contributed by atoms with Crippen LogP contribution in [0.1, 0.15) is 12.8 Å². The molecule has 0 saturated heterocycles. The van der Waals surface area contributed by atoms with Gasteiger partial charge in [0.1, 0.15) is 19.0 Å². The Hall–Kier alpha value is -1.96. The van der Waals surface area contributed by atoms with Crippen molar-refractivity contribution >= 4 is 47.4 Å². The highest BCUT2D eigenvalue weighted by Gasteiger charge is 2.07. The van der Waals surface area contributed by atoms with Gasteiger partial charge in [-0.2, -0.15) is 0 Å². The Kier molecular flexibility index (Phi) is 1.96. The topological polar surface area (TPSA) is 13.1 Å². The van der Waals surface area contributed by atoms with E-state index in [0.717, 1.165) is 34.9 Å². The molecule has 2 radical (unpaired) electrons. The second-order valence-electron chi connectivity index (χ2n) is 4.82. The molecule has 2 aromatic carbocycles. The van der Waals surface area contributed by atoms with Crippen LogP contribution in [0.15, 0.2) is 34.7 Å². The van der Waals surface area contributed by atoms with E-state index < -0.39 is 0 Å². The number of benzene rings is 2. The summed E-state index contributed by atoms with van der Waals surface area (Å²) in [5, 5.41) is 4.91. The summed E-state index contributed by atoms with van der Waals surface area (Å²) in [7, 11) is 5.80. The van der Waals surface area contributed by atoms with E-state index in [-0.39, 0.29) is 0 Å². The van der Waals surface area contributed by atoms with Crippen molar-refractivity contribution < 1.29 is 4.42 Å². The molecule has 0 amide bonds. The minimum absolute atomic E-state index is 0.740. The smallest absolute Gasteiger partial charge is 0.136 e. The second kappa shape index (κ2) is 3.52. The van der Waals surface area contributed by atoms with Crippen LogP contribution in [0.2, 0.25) is 0 Å². The molecule has 18 heavy (non-hydrogen) atoms. The first-order chi connectivity index (χ1) is 8.81. The van der Waals surface area contributed by atoms with Crippen LogP contribution in [0.3, 0.4) is 0 Å². The Morgan fingerprint density at radius 1 is 0.833 bits per heavy atom. The predicted octanol–water partition coefficient (Wildman–Crippen LogP) is 1.73. The normalized spacial score (nSPS) is 14.2. The molecule has 1 nitrogen and oxygen atoms in total. The van der Waals surface area contributed by atoms with Gasteiger partial charge in [0, 0.05) is 10.8 Å². The van der Waals surface area contributed by atoms with Crippen molar-refractivity contribution in [3.63, 3.8) is 0 Å². The van der Waals surface area contributed by atoms with Gasteiger partial charge < -0.3 is 4.42 Å². The molecule has 84 valence electrons. The number of furan rings is 1. The van der Waals surface area contributed by atoms with Crippen molar-refractivity contribution in [1.29, 1.82) is 0 Å². The van der Waals surface area contributed by atoms with Crippen LogP contribution in [0.25, 0.3) is 34.1 Å². The first-order valence-electron chi connectivity index (χ1n) is 6.23. The van der Waals surface area contributed by atoms with Gasteiger partial charge in [-0.3, -0.25) is 0 Å². The molecule has 0 saturated carbocycles. The molecule has 0 N–H and O–H groups in total. The molecule has 0 atom stereocenters. The minimum Gasteiger partial charge on any atom is -0.456 e. The summed E-state index contributed by atoms with van der Waals surface area (Å²) in [5.74, 6) is 0. The Morgan fingerprint density at radius 2 is 1.56 bits per heavy atom. The Balaban J connectivity index is 2.23. The van der Waals surface area contributed by atoms with Gasteiger partial charge in [0.25, 0.3) is 0 Å². The summed E-state index contributed by atoms with van der Waals surface area (Å²) < 4.78 is 5.89. The van der Waals surface area contributed by atoms with Crippen molar-refractivity contribution in [2.24, 2.45) is 0 Å². The van der Waals surface area contributed by atoms with Gasteiger partial charge in [-0.05, 0) is 41.5 Å². The average molecular weight is 230 g/mol. The van der Waals surface area contributed by atoms with Crippen molar-refractivity contribution in [1.82, 2.24) is 0 Å². The highest BCUT2D eigenvalue weighted by molar-refractivity contribution is 6.33. The van der Waals surface area contributed by atoms with Crippen LogP contribution in [-0.4, -0.2) is 7.85 Å². The predicted molar refractivity (Wildman–Crippen MR) is 76.5 cm³/mol. The number of fused-ring (bicyclic) bond motifs is 4. The zero-order valence-corrected chi connectivity index (χ0v) is 9.94. The van der Waals surface area contributed by atoms with Gasteiger partial charge in [0.2, 0.25) is 0 Å². The third kappa shape index (κ3) is 1.35. The van der Waals surface area contributed by atoms with Crippen LogP contribution >= 0.6 is 0 Å². The Bertz CT molecular complexity index is 887. The fraction of sp³-hybridized carbons (Fsp3) is 0.125. The quantitative estimate of drug-likeness (QED) is 0.536. The zero-order chi connectivity index (χ0) is 12.1. The minimum atomic E-state index is 0.740. The first-order valence-corrected chi connectivity index (χ1v) is 6.23. The van der Waals surface area contributed by atoms with Gasteiger partial charge in [-0.25, -0.2) is 0 Å². The lowest BCUT2D eigenvalue weighted by atomic mass is 9.95. The fourth-order valence-corrected chi connectivity index (χ4v) is 2.70. The highest BCUT2D eigenvalue weighted by Crippen LogP contribution is 2.25. The maximum atomic E-state index is 5.89. The summed E-state index contributed by atoms with van der Waals surface area (Å²) >= 11 is 0. The molecule has 0 fully saturated rings. The maximum absolute atomic E-state index is 5.89. The molecule has 0 unspecified atom stereocenters. The molecule has 3 aromatic rings. The molecule has 1 aromatic heterocycles. The maximum Gasteiger partial charge on any atom is 0.136 e. The molecule has 0 spiro atoms. The summed E-state index contributed by atoms with van der Waals surface area (Å²) in [4.78, 5) is 0. The molecular weight excluding hydrogens is 219 g/mol. The van der Waals surface area contributed by atoms with E-state index in [0.29, 0.717) is 0 Å². The number of hydrogen-bond acceptors (Lipinski definition) is 1. The van der Waals surface area contributed by atoms with E-state index in [9.17, 15) is 0 Å². The van der Waals surface area contributed by atoms with Crippen molar-refractivity contribution in [3.8, 4) is 0 Å². The standard InChI is InChI=1S/C16H11BO/c17-12-5-6-13-14-7-10-3-1-2-4-11(10)8-15(14)18-16(13)9-12/h3-9H,1-2H2. The van der Waals surface area contributed by atoms with Crippen molar-refractivity contribution in [2.75, 3.05) is 0 Å². The van der Waals surface area contributed by atoms with Crippen molar-refractivity contribution in [3.05, 3.63) is 40.8 Å². The average Bonchev–Trinajstić information content (AvgIpc) is 2.72. The molecule has 1 aliphatic carbocycles. The second-order valence-corrected chi connectivity index (χ2v) is 4.82. The largest absolute Gasteiger partial charge is 0.456 e. The van der Waals surface area contributed by atoms with Gasteiger partial charge in [-0.15, -0.1) is 0 Å². The molecule has 2 heteroatoms. The van der Waals surface area contributed by atoms with E-state index in [1.54, 1.807) is 0 Å². The first kappa shape index (κ1) is 10.0. The van der Waals surface area contributed by atoms with Gasteiger partial charge in [0.15, 0.2) is 0 Å². The summed E-state index contributed by atoms with van der Waals surface area (Å²) in [6.07, 6.45) is 6.81. The molecule has 0 bridgehead atoms. The Labute approximate surface area is 106 Å². The van der Waals surface area contributed by atoms with E-state index >= 15 is 0 Å². The van der Waals surface area contributed by atoms with Crippen molar-refractivity contribution in [2.45, 2.75) is 12.8 Å². The summed E-state index contributed by atoms with van der Waals surface area (Å²) in [5.41, 5.74) is 2.55. The van der Waals surface area contributed by atoms with Gasteiger partial charge in [0.05, 0.1) is 0 Å². The van der Waals surface area contributed by atoms with E-state index in [1.807, 2.05) is 18.2 Å². The van der Waals surface area contributed by atoms with Crippen LogP contribution in [0.5, 0.6) is 0 Å². The SMILES string of the molecule is [B]c1ccc2c(c1)oc1cc3c(cc12)=CCCC=3. The third-order valence-electron chi connectivity index (χ3n) is 3.60. The van der Waals surface area contributed by atoms with E-state index in [4.69, 9.17) is 12.3 Å². The zero-order valence-electron chi connectivity index (χ0n) is 9.94. The summed E-state index contributed by atoms with van der Waals surface area (Å²) in [6, 6.07) is 10.2. The molecule has 0 aliphatic heterocycles. The van der Waals surface area contributed by atoms with Crippen LogP contribution in [0.4, 0.5) is 0 Å². The third-order valence-corrected chi connectivity index (χ3v) is 3.60. The number of rotatable bonds is 0. The van der Waals surface area contributed by atoms with Gasteiger partial charge in [-0.1, -0.05) is 29.7 Å². The fourth-order valence-electron chi connectivity index (χ4n) is 2.70. The van der Waals surface area contributed by atoms with Crippen LogP contribution in [0, 0.1) is 0 Å². The monoisotopic (exact) mass is 230 g/mol. The van der Waals surface area contributed by atoms with E-state index in [2.05, 4.69) is 24.3 Å². The van der Waals surface area contributed by atoms with Gasteiger partial charge >= 0.3 is 0 Å². The lowest BCUT2D eigenvalue weighted by Gasteiger charge is -1.99. The molecule has 4 rings (SSSR count). The number of hydrogen-bond donors (Lipinski definition) is 0. The lowest BCUT2D eigenvalue weighted by Crippen LogP contribution is -2.25. The Morgan fingerprint density at radius 3 is 2.39 bits per heavy atom. The van der Waals surface area contributed by atoms with Crippen LogP contribution < -0.4 is 15.9 Å². The van der Waals surface area contributed by atoms with Crippen LogP contribution in [-0.2, 0) is 0 Å². The molecule has 1 heterocycles.